The summed E-state index contributed by atoms with van der Waals surface area (Å²) in [5.74, 6) is 0.532. The molecule has 1 rings (SSSR count). The molecule has 0 radical (unpaired) electrons. The largest absolute Gasteiger partial charge is 0.350 e. The molecule has 0 bridgehead atoms. The number of nitrogens with one attached hydrogen (secondary N) is 1. The Labute approximate surface area is 127 Å². The molecule has 0 aromatic carbocycles. The number of amides is 1. The molecule has 0 fully saturated rings. The summed E-state index contributed by atoms with van der Waals surface area (Å²) >= 11 is 4.75. The molecule has 0 aliphatic rings. The van der Waals surface area contributed by atoms with E-state index in [9.17, 15) is 4.79 Å². The summed E-state index contributed by atoms with van der Waals surface area (Å²) in [6, 6.07) is 0. The Kier molecular flexibility index (Phi) is 5.92. The van der Waals surface area contributed by atoms with Gasteiger partial charge in [-0.15, -0.1) is 5.10 Å². The maximum absolute atomic E-state index is 12.2. The number of halogens is 1. The third kappa shape index (κ3) is 5.18. The summed E-state index contributed by atoms with van der Waals surface area (Å²) in [6.45, 7) is 11.1. The first-order valence-electron chi connectivity index (χ1n) is 6.47. The van der Waals surface area contributed by atoms with Crippen molar-refractivity contribution in [2.45, 2.75) is 51.3 Å². The zero-order chi connectivity index (χ0) is 14.6. The molecule has 1 heterocycles. The van der Waals surface area contributed by atoms with Crippen LogP contribution < -0.4 is 5.32 Å². The van der Waals surface area contributed by atoms with E-state index in [4.69, 9.17) is 0 Å². The number of rotatable bonds is 5. The van der Waals surface area contributed by atoms with Gasteiger partial charge in [0.05, 0.1) is 5.69 Å². The quantitative estimate of drug-likeness (QED) is 0.830. The molecular weight excluding hydrogens is 326 g/mol. The minimum Gasteiger partial charge on any atom is -0.350 e. The molecule has 108 valence electrons. The van der Waals surface area contributed by atoms with Gasteiger partial charge in [0.25, 0.3) is 5.91 Å². The van der Waals surface area contributed by atoms with Gasteiger partial charge in [0.1, 0.15) is 4.88 Å². The molecule has 6 heteroatoms. The molecule has 1 unspecified atom stereocenters. The van der Waals surface area contributed by atoms with Gasteiger partial charge in [-0.25, -0.2) is 0 Å². The van der Waals surface area contributed by atoms with Crippen LogP contribution in [-0.2, 0) is 5.41 Å². The van der Waals surface area contributed by atoms with E-state index < -0.39 is 0 Å². The van der Waals surface area contributed by atoms with Crippen molar-refractivity contribution in [2.75, 3.05) is 6.54 Å². The molecule has 1 aromatic heterocycles. The molecule has 0 aliphatic carbocycles. The molecule has 0 saturated heterocycles. The standard InChI is InChI=1S/C13H22BrN3OS/c1-8(2)6-9(14)7-15-12(18)10-11(13(3,4)5)16-17-19-10/h8-9H,6-7H2,1-5H3,(H,15,18). The first kappa shape index (κ1) is 16.6. The normalized spacial score (nSPS) is 13.6. The smallest absolute Gasteiger partial charge is 0.265 e. The fraction of sp³-hybridized carbons (Fsp3) is 0.769. The second-order valence-corrected chi connectivity index (χ2v) is 8.19. The van der Waals surface area contributed by atoms with Crippen LogP contribution in [0.5, 0.6) is 0 Å². The van der Waals surface area contributed by atoms with Crippen molar-refractivity contribution in [3.05, 3.63) is 10.6 Å². The van der Waals surface area contributed by atoms with Crippen molar-refractivity contribution in [3.63, 3.8) is 0 Å². The Hall–Kier alpha value is -0.490. The van der Waals surface area contributed by atoms with Gasteiger partial charge in [0.2, 0.25) is 0 Å². The zero-order valence-corrected chi connectivity index (χ0v) is 14.6. The topological polar surface area (TPSA) is 54.9 Å². The highest BCUT2D eigenvalue weighted by Gasteiger charge is 2.26. The predicted molar refractivity (Wildman–Crippen MR) is 83.1 cm³/mol. The van der Waals surface area contributed by atoms with E-state index in [0.717, 1.165) is 23.6 Å². The zero-order valence-electron chi connectivity index (χ0n) is 12.2. The van der Waals surface area contributed by atoms with Gasteiger partial charge < -0.3 is 5.32 Å². The van der Waals surface area contributed by atoms with Crippen LogP contribution >= 0.6 is 27.5 Å². The monoisotopic (exact) mass is 347 g/mol. The third-order valence-electron chi connectivity index (χ3n) is 2.62. The lowest BCUT2D eigenvalue weighted by atomic mass is 9.91. The molecule has 1 N–H and O–H groups in total. The summed E-state index contributed by atoms with van der Waals surface area (Å²) in [7, 11) is 0. The van der Waals surface area contributed by atoms with E-state index in [-0.39, 0.29) is 11.3 Å². The fourth-order valence-corrected chi connectivity index (χ4v) is 3.41. The lowest BCUT2D eigenvalue weighted by Gasteiger charge is -2.17. The molecular formula is C13H22BrN3OS. The lowest BCUT2D eigenvalue weighted by molar-refractivity contribution is 0.0955. The van der Waals surface area contributed by atoms with Crippen molar-refractivity contribution in [1.29, 1.82) is 0 Å². The van der Waals surface area contributed by atoms with Crippen LogP contribution in [0, 0.1) is 5.92 Å². The number of nitrogens with zero attached hydrogens (tertiary/aromatic N) is 2. The van der Waals surface area contributed by atoms with Crippen molar-refractivity contribution in [1.82, 2.24) is 14.9 Å². The molecule has 19 heavy (non-hydrogen) atoms. The van der Waals surface area contributed by atoms with Crippen LogP contribution in [0.15, 0.2) is 0 Å². The molecule has 0 spiro atoms. The fourth-order valence-electron chi connectivity index (χ4n) is 1.71. The minimum atomic E-state index is -0.161. The molecule has 1 atom stereocenters. The summed E-state index contributed by atoms with van der Waals surface area (Å²) in [4.78, 5) is 13.1. The van der Waals surface area contributed by atoms with Crippen LogP contribution in [0.25, 0.3) is 0 Å². The highest BCUT2D eigenvalue weighted by Crippen LogP contribution is 2.25. The van der Waals surface area contributed by atoms with E-state index >= 15 is 0 Å². The molecule has 1 amide bonds. The second-order valence-electron chi connectivity index (χ2n) is 6.14. The van der Waals surface area contributed by atoms with Crippen LogP contribution in [0.4, 0.5) is 0 Å². The average molecular weight is 348 g/mol. The Bertz CT molecular complexity index is 426. The van der Waals surface area contributed by atoms with E-state index in [1.54, 1.807) is 0 Å². The number of carbonyl (C=O) groups excluding carboxylic acids is 1. The summed E-state index contributed by atoms with van der Waals surface area (Å²) in [5.41, 5.74) is 0.607. The van der Waals surface area contributed by atoms with Gasteiger partial charge in [-0.2, -0.15) is 0 Å². The number of aromatic nitrogens is 2. The predicted octanol–water partition coefficient (Wildman–Crippen LogP) is 3.38. The third-order valence-corrected chi connectivity index (χ3v) is 4.04. The summed E-state index contributed by atoms with van der Waals surface area (Å²) < 4.78 is 3.90. The summed E-state index contributed by atoms with van der Waals surface area (Å²) in [5, 5.41) is 7.03. The van der Waals surface area contributed by atoms with E-state index in [0.29, 0.717) is 22.2 Å². The Morgan fingerprint density at radius 1 is 1.42 bits per heavy atom. The van der Waals surface area contributed by atoms with Crippen LogP contribution in [0.2, 0.25) is 0 Å². The minimum absolute atomic E-state index is 0.0758. The summed E-state index contributed by atoms with van der Waals surface area (Å²) in [6.07, 6.45) is 1.04. The van der Waals surface area contributed by atoms with E-state index in [1.165, 1.54) is 0 Å². The first-order valence-corrected chi connectivity index (χ1v) is 8.15. The van der Waals surface area contributed by atoms with Crippen molar-refractivity contribution < 1.29 is 4.79 Å². The van der Waals surface area contributed by atoms with Crippen molar-refractivity contribution >= 4 is 33.4 Å². The van der Waals surface area contributed by atoms with E-state index in [1.807, 2.05) is 20.8 Å². The first-order chi connectivity index (χ1) is 8.71. The van der Waals surface area contributed by atoms with Crippen LogP contribution in [0.1, 0.15) is 56.4 Å². The van der Waals surface area contributed by atoms with Gasteiger partial charge in [-0.05, 0) is 23.9 Å². The Morgan fingerprint density at radius 3 is 2.58 bits per heavy atom. The maximum atomic E-state index is 12.2. The number of hydrogen-bond acceptors (Lipinski definition) is 4. The highest BCUT2D eigenvalue weighted by molar-refractivity contribution is 9.09. The number of carbonyl (C=O) groups is 1. The van der Waals surface area contributed by atoms with Gasteiger partial charge in [-0.3, -0.25) is 4.79 Å². The molecule has 0 aliphatic heterocycles. The molecule has 4 nitrogen and oxygen atoms in total. The van der Waals surface area contributed by atoms with E-state index in [2.05, 4.69) is 44.7 Å². The van der Waals surface area contributed by atoms with Crippen molar-refractivity contribution in [3.8, 4) is 0 Å². The van der Waals surface area contributed by atoms with Gasteiger partial charge >= 0.3 is 0 Å². The van der Waals surface area contributed by atoms with Gasteiger partial charge in [0, 0.05) is 16.8 Å². The maximum Gasteiger partial charge on any atom is 0.265 e. The second kappa shape index (κ2) is 6.79. The number of hydrogen-bond donors (Lipinski definition) is 1. The van der Waals surface area contributed by atoms with Crippen LogP contribution in [-0.4, -0.2) is 26.9 Å². The number of alkyl halides is 1. The van der Waals surface area contributed by atoms with Crippen molar-refractivity contribution in [2.24, 2.45) is 5.92 Å². The lowest BCUT2D eigenvalue weighted by Crippen LogP contribution is -2.31. The molecule has 0 saturated carbocycles. The van der Waals surface area contributed by atoms with Crippen LogP contribution in [0.3, 0.4) is 0 Å². The van der Waals surface area contributed by atoms with Gasteiger partial charge in [0.15, 0.2) is 0 Å². The Morgan fingerprint density at radius 2 is 2.05 bits per heavy atom. The Balaban J connectivity index is 2.62. The van der Waals surface area contributed by atoms with Gasteiger partial charge in [-0.1, -0.05) is 55.0 Å². The molecule has 1 aromatic rings. The average Bonchev–Trinajstić information content (AvgIpc) is 2.73. The highest BCUT2D eigenvalue weighted by atomic mass is 79.9. The SMILES string of the molecule is CC(C)CC(Br)CNC(=O)c1snnc1C(C)(C)C.